The molecule has 0 saturated carbocycles. The van der Waals surface area contributed by atoms with Crippen molar-refractivity contribution in [2.45, 2.75) is 13.8 Å². The number of hydrogen-bond donors (Lipinski definition) is 2. The van der Waals surface area contributed by atoms with Gasteiger partial charge in [-0.2, -0.15) is 5.10 Å². The van der Waals surface area contributed by atoms with Gasteiger partial charge in [0.25, 0.3) is 5.91 Å². The molecule has 34 heavy (non-hydrogen) atoms. The van der Waals surface area contributed by atoms with Crippen LogP contribution >= 0.6 is 0 Å². The molecule has 0 fully saturated rings. The van der Waals surface area contributed by atoms with Crippen molar-refractivity contribution in [3.63, 3.8) is 0 Å². The van der Waals surface area contributed by atoms with Gasteiger partial charge >= 0.3 is 0 Å². The molecule has 2 N–H and O–H groups in total. The average Bonchev–Trinajstić information content (AvgIpc) is 3.29. The second-order valence-corrected chi connectivity index (χ2v) is 7.42. The van der Waals surface area contributed by atoms with Crippen molar-refractivity contribution in [3.8, 4) is 23.3 Å². The Morgan fingerprint density at radius 3 is 2.74 bits per heavy atom. The van der Waals surface area contributed by atoms with Crippen molar-refractivity contribution >= 4 is 39.6 Å². The molecular weight excluding hydrogens is 430 g/mol. The summed E-state index contributed by atoms with van der Waals surface area (Å²) in [6, 6.07) is 14.9. The third-order valence-electron chi connectivity index (χ3n) is 5.04. The Hall–Kier alpha value is -4.97. The van der Waals surface area contributed by atoms with Crippen molar-refractivity contribution in [3.05, 3.63) is 72.9 Å². The van der Waals surface area contributed by atoms with Gasteiger partial charge in [0, 0.05) is 16.8 Å². The van der Waals surface area contributed by atoms with E-state index < -0.39 is 0 Å². The van der Waals surface area contributed by atoms with E-state index in [1.54, 1.807) is 23.7 Å². The first-order valence-electron chi connectivity index (χ1n) is 10.4. The molecule has 3 aromatic heterocycles. The maximum Gasteiger partial charge on any atom is 0.300 e. The van der Waals surface area contributed by atoms with E-state index in [0.29, 0.717) is 17.3 Å². The van der Waals surface area contributed by atoms with Crippen LogP contribution in [0.25, 0.3) is 16.6 Å². The Labute approximate surface area is 194 Å². The first kappa shape index (κ1) is 20.9. The zero-order valence-electron chi connectivity index (χ0n) is 18.4. The summed E-state index contributed by atoms with van der Waals surface area (Å²) in [6.07, 6.45) is 4.78. The number of pyridine rings is 1. The Bertz CT molecular complexity index is 1600. The zero-order chi connectivity index (χ0) is 23.5. The Kier molecular flexibility index (Phi) is 5.46. The van der Waals surface area contributed by atoms with Crippen LogP contribution in [0.2, 0.25) is 0 Å². The summed E-state index contributed by atoms with van der Waals surface area (Å²) in [5.74, 6) is 6.68. The number of nitrogens with one attached hydrogen (secondary N) is 2. The van der Waals surface area contributed by atoms with E-state index in [-0.39, 0.29) is 5.91 Å². The summed E-state index contributed by atoms with van der Waals surface area (Å²) >= 11 is 0. The van der Waals surface area contributed by atoms with Crippen LogP contribution in [0.15, 0.2) is 67.4 Å². The van der Waals surface area contributed by atoms with Gasteiger partial charge in [0.15, 0.2) is 5.65 Å². The van der Waals surface area contributed by atoms with Gasteiger partial charge in [-0.1, -0.05) is 5.92 Å². The fourth-order valence-electron chi connectivity index (χ4n) is 3.47. The standard InChI is InChI=1S/C25H19N7O2/c1-3-4-24(33)30-18-5-8-21-20(12-18)25(28-14-26-21)31-17-6-9-22(16(2)11-17)34-19-7-10-23-27-15-29-32(23)13-19/h5-15H,1-2H3,(H,30,33)(H,26,28,31). The lowest BCUT2D eigenvalue weighted by Crippen LogP contribution is -2.08. The molecule has 2 aromatic carbocycles. The highest BCUT2D eigenvalue weighted by Gasteiger charge is 2.09. The topological polar surface area (TPSA) is 106 Å². The predicted octanol–water partition coefficient (Wildman–Crippen LogP) is 4.48. The number of ether oxygens (including phenoxy) is 1. The fraction of sp³-hybridized carbons (Fsp3) is 0.0800. The molecule has 0 spiro atoms. The van der Waals surface area contributed by atoms with Crippen molar-refractivity contribution in [2.75, 3.05) is 10.6 Å². The van der Waals surface area contributed by atoms with Gasteiger partial charge in [-0.25, -0.2) is 19.5 Å². The van der Waals surface area contributed by atoms with E-state index in [2.05, 4.69) is 42.5 Å². The highest BCUT2D eigenvalue weighted by atomic mass is 16.5. The molecule has 1 amide bonds. The van der Waals surface area contributed by atoms with E-state index in [9.17, 15) is 4.79 Å². The van der Waals surface area contributed by atoms with E-state index in [4.69, 9.17) is 4.74 Å². The molecular formula is C25H19N7O2. The van der Waals surface area contributed by atoms with Crippen molar-refractivity contribution in [1.29, 1.82) is 0 Å². The number of aryl methyl sites for hydroxylation is 1. The van der Waals surface area contributed by atoms with Gasteiger partial charge in [0.2, 0.25) is 0 Å². The van der Waals surface area contributed by atoms with E-state index in [1.807, 2.05) is 49.4 Å². The molecule has 0 aliphatic rings. The van der Waals surface area contributed by atoms with Gasteiger partial charge in [0.1, 0.15) is 30.0 Å². The highest BCUT2D eigenvalue weighted by Crippen LogP contribution is 2.30. The average molecular weight is 449 g/mol. The Morgan fingerprint density at radius 2 is 1.88 bits per heavy atom. The molecule has 166 valence electrons. The molecule has 0 unspecified atom stereocenters. The number of anilines is 3. The van der Waals surface area contributed by atoms with Crippen LogP contribution in [0.4, 0.5) is 17.2 Å². The molecule has 0 saturated heterocycles. The maximum absolute atomic E-state index is 11.8. The van der Waals surface area contributed by atoms with Crippen LogP contribution in [-0.2, 0) is 4.79 Å². The van der Waals surface area contributed by atoms with Crippen molar-refractivity contribution in [2.24, 2.45) is 0 Å². The van der Waals surface area contributed by atoms with Gasteiger partial charge in [-0.05, 0) is 73.9 Å². The van der Waals surface area contributed by atoms with Gasteiger partial charge in [-0.15, -0.1) is 0 Å². The smallest absolute Gasteiger partial charge is 0.300 e. The molecule has 5 rings (SSSR count). The SMILES string of the molecule is CC#CC(=O)Nc1ccc2ncnc(Nc3ccc(Oc4ccc5ncnn5c4)c(C)c3)c2c1. The predicted molar refractivity (Wildman–Crippen MR) is 129 cm³/mol. The van der Waals surface area contributed by atoms with Crippen LogP contribution in [-0.4, -0.2) is 30.5 Å². The number of rotatable bonds is 5. The minimum atomic E-state index is -0.373. The number of amides is 1. The molecule has 9 heteroatoms. The molecule has 0 aliphatic carbocycles. The molecule has 3 heterocycles. The number of carbonyl (C=O) groups is 1. The number of benzene rings is 2. The normalized spacial score (nSPS) is 10.5. The largest absolute Gasteiger partial charge is 0.455 e. The first-order chi connectivity index (χ1) is 16.6. The van der Waals surface area contributed by atoms with Crippen LogP contribution in [0.3, 0.4) is 0 Å². The number of carbonyl (C=O) groups excluding carboxylic acids is 1. The monoisotopic (exact) mass is 449 g/mol. The van der Waals surface area contributed by atoms with Gasteiger partial charge in [0.05, 0.1) is 11.7 Å². The number of aromatic nitrogens is 5. The molecule has 9 nitrogen and oxygen atoms in total. The summed E-state index contributed by atoms with van der Waals surface area (Å²) in [5.41, 5.74) is 3.89. The maximum atomic E-state index is 11.8. The lowest BCUT2D eigenvalue weighted by molar-refractivity contribution is -0.111. The highest BCUT2D eigenvalue weighted by molar-refractivity contribution is 6.05. The van der Waals surface area contributed by atoms with Crippen LogP contribution in [0.5, 0.6) is 11.5 Å². The third-order valence-corrected chi connectivity index (χ3v) is 5.04. The summed E-state index contributed by atoms with van der Waals surface area (Å²) < 4.78 is 7.70. The quantitative estimate of drug-likeness (QED) is 0.381. The Morgan fingerprint density at radius 1 is 1.00 bits per heavy atom. The minimum absolute atomic E-state index is 0.373. The second kappa shape index (κ2) is 8.88. The third kappa shape index (κ3) is 4.33. The van der Waals surface area contributed by atoms with Crippen LogP contribution < -0.4 is 15.4 Å². The lowest BCUT2D eigenvalue weighted by atomic mass is 10.1. The van der Waals surface area contributed by atoms with E-state index in [1.165, 1.54) is 12.7 Å². The zero-order valence-corrected chi connectivity index (χ0v) is 18.4. The van der Waals surface area contributed by atoms with E-state index in [0.717, 1.165) is 33.6 Å². The van der Waals surface area contributed by atoms with Gasteiger partial charge in [-0.3, -0.25) is 4.79 Å². The van der Waals surface area contributed by atoms with Crippen molar-refractivity contribution < 1.29 is 9.53 Å². The number of fused-ring (bicyclic) bond motifs is 2. The summed E-state index contributed by atoms with van der Waals surface area (Å²) in [7, 11) is 0. The number of nitrogens with zero attached hydrogens (tertiary/aromatic N) is 5. The molecule has 5 aromatic rings. The Balaban J connectivity index is 1.39. The molecule has 0 bridgehead atoms. The minimum Gasteiger partial charge on any atom is -0.455 e. The summed E-state index contributed by atoms with van der Waals surface area (Å²) in [5, 5.41) is 11.0. The summed E-state index contributed by atoms with van der Waals surface area (Å²) in [4.78, 5) is 24.7. The molecule has 0 radical (unpaired) electrons. The summed E-state index contributed by atoms with van der Waals surface area (Å²) in [6.45, 7) is 3.58. The fourth-order valence-corrected chi connectivity index (χ4v) is 3.47. The van der Waals surface area contributed by atoms with E-state index >= 15 is 0 Å². The molecule has 0 aliphatic heterocycles. The van der Waals surface area contributed by atoms with Gasteiger partial charge < -0.3 is 15.4 Å². The second-order valence-electron chi connectivity index (χ2n) is 7.42. The van der Waals surface area contributed by atoms with Crippen LogP contribution in [0, 0.1) is 18.8 Å². The van der Waals surface area contributed by atoms with Crippen molar-refractivity contribution in [1.82, 2.24) is 24.6 Å². The lowest BCUT2D eigenvalue weighted by Gasteiger charge is -2.13. The first-order valence-corrected chi connectivity index (χ1v) is 10.4. The molecule has 0 atom stereocenters. The van der Waals surface area contributed by atoms with Crippen LogP contribution in [0.1, 0.15) is 12.5 Å². The number of hydrogen-bond acceptors (Lipinski definition) is 7.